The van der Waals surface area contributed by atoms with Gasteiger partial charge in [0.1, 0.15) is 22.9 Å². The summed E-state index contributed by atoms with van der Waals surface area (Å²) in [6, 6.07) is 8.04. The summed E-state index contributed by atoms with van der Waals surface area (Å²) in [6.07, 6.45) is 3.31. The molecule has 0 amide bonds. The van der Waals surface area contributed by atoms with Crippen molar-refractivity contribution in [2.75, 3.05) is 12.4 Å². The van der Waals surface area contributed by atoms with E-state index in [0.29, 0.717) is 28.7 Å². The van der Waals surface area contributed by atoms with E-state index in [0.717, 1.165) is 5.69 Å². The highest BCUT2D eigenvalue weighted by molar-refractivity contribution is 5.64. The molecule has 8 heteroatoms. The van der Waals surface area contributed by atoms with E-state index < -0.39 is 4.92 Å². The summed E-state index contributed by atoms with van der Waals surface area (Å²) in [5, 5.41) is 13.9. The van der Waals surface area contributed by atoms with Crippen molar-refractivity contribution >= 4 is 11.4 Å². The van der Waals surface area contributed by atoms with E-state index in [1.165, 1.54) is 6.07 Å². The van der Waals surface area contributed by atoms with Crippen LogP contribution in [0.25, 0.3) is 11.5 Å². The minimum Gasteiger partial charge on any atom is -0.457 e. The van der Waals surface area contributed by atoms with Crippen LogP contribution in [0.3, 0.4) is 0 Å². The summed E-state index contributed by atoms with van der Waals surface area (Å²) < 4.78 is 5.72. The van der Waals surface area contributed by atoms with Crippen LogP contribution in [0.5, 0.6) is 11.5 Å². The molecule has 0 fully saturated rings. The minimum atomic E-state index is -0.456. The van der Waals surface area contributed by atoms with Gasteiger partial charge in [-0.25, -0.2) is 4.98 Å². The topological polar surface area (TPSA) is 106 Å². The lowest BCUT2D eigenvalue weighted by molar-refractivity contribution is -0.384. The molecular formula is C16H15N5O3. The Morgan fingerprint density at radius 1 is 1.21 bits per heavy atom. The minimum absolute atomic E-state index is 0.0501. The number of hydrogen-bond acceptors (Lipinski definition) is 6. The Balaban J connectivity index is 1.89. The van der Waals surface area contributed by atoms with Gasteiger partial charge in [0, 0.05) is 31.2 Å². The Bertz CT molecular complexity index is 891. The molecule has 2 N–H and O–H groups in total. The van der Waals surface area contributed by atoms with Gasteiger partial charge in [-0.1, -0.05) is 0 Å². The Kier molecular flexibility index (Phi) is 4.11. The Morgan fingerprint density at radius 3 is 2.67 bits per heavy atom. The molecule has 8 nitrogen and oxygen atoms in total. The third-order valence-electron chi connectivity index (χ3n) is 3.35. The molecule has 0 spiro atoms. The summed E-state index contributed by atoms with van der Waals surface area (Å²) in [5.74, 6) is 1.52. The van der Waals surface area contributed by atoms with Gasteiger partial charge in [-0.3, -0.25) is 15.1 Å². The van der Waals surface area contributed by atoms with Crippen molar-refractivity contribution in [1.82, 2.24) is 15.0 Å². The van der Waals surface area contributed by atoms with Crippen molar-refractivity contribution < 1.29 is 9.66 Å². The second kappa shape index (κ2) is 6.37. The normalized spacial score (nSPS) is 10.4. The molecule has 0 saturated carbocycles. The molecule has 0 radical (unpaired) electrons. The largest absolute Gasteiger partial charge is 0.457 e. The second-order valence-electron chi connectivity index (χ2n) is 5.08. The fourth-order valence-electron chi connectivity index (χ4n) is 2.22. The zero-order valence-electron chi connectivity index (χ0n) is 13.1. The smallest absolute Gasteiger partial charge is 0.296 e. The van der Waals surface area contributed by atoms with Crippen molar-refractivity contribution in [2.24, 2.45) is 0 Å². The number of nitro groups is 1. The van der Waals surface area contributed by atoms with E-state index >= 15 is 0 Å². The average Bonchev–Trinajstić information content (AvgIpc) is 3.01. The zero-order valence-corrected chi connectivity index (χ0v) is 13.1. The summed E-state index contributed by atoms with van der Waals surface area (Å²) in [6.45, 7) is 1.90. The number of H-pyrrole nitrogens is 1. The summed E-state index contributed by atoms with van der Waals surface area (Å²) in [5.41, 5.74) is 1.93. The molecule has 0 aliphatic rings. The van der Waals surface area contributed by atoms with Gasteiger partial charge >= 0.3 is 0 Å². The maximum Gasteiger partial charge on any atom is 0.296 e. The molecule has 0 atom stereocenters. The van der Waals surface area contributed by atoms with Gasteiger partial charge < -0.3 is 15.0 Å². The van der Waals surface area contributed by atoms with Crippen LogP contribution in [0.2, 0.25) is 0 Å². The number of nitro benzene ring substituents is 1. The Labute approximate surface area is 137 Å². The molecule has 122 valence electrons. The van der Waals surface area contributed by atoms with E-state index in [1.54, 1.807) is 43.7 Å². The Hall–Kier alpha value is -3.42. The summed E-state index contributed by atoms with van der Waals surface area (Å²) >= 11 is 0. The van der Waals surface area contributed by atoms with Gasteiger partial charge in [0.25, 0.3) is 5.69 Å². The monoisotopic (exact) mass is 325 g/mol. The van der Waals surface area contributed by atoms with Gasteiger partial charge in [-0.15, -0.1) is 0 Å². The van der Waals surface area contributed by atoms with E-state index in [4.69, 9.17) is 4.74 Å². The van der Waals surface area contributed by atoms with Crippen LogP contribution in [0, 0.1) is 17.0 Å². The number of ether oxygens (including phenoxy) is 1. The van der Waals surface area contributed by atoms with E-state index in [2.05, 4.69) is 20.3 Å². The van der Waals surface area contributed by atoms with E-state index in [9.17, 15) is 10.1 Å². The van der Waals surface area contributed by atoms with Crippen molar-refractivity contribution in [3.8, 4) is 23.0 Å². The second-order valence-corrected chi connectivity index (χ2v) is 5.08. The highest BCUT2D eigenvalue weighted by Crippen LogP contribution is 2.31. The van der Waals surface area contributed by atoms with Crippen LogP contribution in [-0.4, -0.2) is 26.9 Å². The lowest BCUT2D eigenvalue weighted by atomic mass is 10.2. The van der Waals surface area contributed by atoms with Crippen LogP contribution in [-0.2, 0) is 0 Å². The number of aromatic amines is 1. The lowest BCUT2D eigenvalue weighted by Crippen LogP contribution is -1.97. The van der Waals surface area contributed by atoms with Crippen LogP contribution in [0.15, 0.2) is 42.7 Å². The highest BCUT2D eigenvalue weighted by Gasteiger charge is 2.14. The predicted octanol–water partition coefficient (Wildman–Crippen LogP) is 3.52. The molecule has 0 aliphatic carbocycles. The number of anilines is 1. The quantitative estimate of drug-likeness (QED) is 0.549. The summed E-state index contributed by atoms with van der Waals surface area (Å²) in [4.78, 5) is 22.2. The molecule has 0 saturated heterocycles. The maximum atomic E-state index is 11.1. The molecule has 2 heterocycles. The zero-order chi connectivity index (χ0) is 17.1. The van der Waals surface area contributed by atoms with Gasteiger partial charge in [0.15, 0.2) is 5.82 Å². The number of pyridine rings is 1. The molecule has 1 aromatic carbocycles. The molecular weight excluding hydrogens is 310 g/mol. The SMILES string of the molecule is CNc1ccc(Oc2ccnc(-c3ncc(C)[nH]3)c2)cc1[N+](=O)[O-]. The first-order valence-corrected chi connectivity index (χ1v) is 7.19. The standard InChI is InChI=1S/C16H15N5O3/c1-10-9-19-16(20-10)14-7-12(5-6-18-14)24-11-3-4-13(17-2)15(8-11)21(22)23/h3-9,17H,1-2H3,(H,19,20). The number of nitrogens with zero attached hydrogens (tertiary/aromatic N) is 3. The van der Waals surface area contributed by atoms with Gasteiger partial charge in [-0.05, 0) is 25.1 Å². The van der Waals surface area contributed by atoms with Gasteiger partial charge in [-0.2, -0.15) is 0 Å². The van der Waals surface area contributed by atoms with Crippen molar-refractivity contribution in [3.63, 3.8) is 0 Å². The number of aromatic nitrogens is 3. The number of hydrogen-bond donors (Lipinski definition) is 2. The first-order chi connectivity index (χ1) is 11.6. The highest BCUT2D eigenvalue weighted by atomic mass is 16.6. The fraction of sp³-hybridized carbons (Fsp3) is 0.125. The number of imidazole rings is 1. The van der Waals surface area contributed by atoms with Gasteiger partial charge in [0.2, 0.25) is 0 Å². The molecule has 2 aromatic heterocycles. The number of aryl methyl sites for hydroxylation is 1. The van der Waals surface area contributed by atoms with E-state index in [1.807, 2.05) is 6.92 Å². The van der Waals surface area contributed by atoms with Crippen molar-refractivity contribution in [3.05, 3.63) is 58.5 Å². The molecule has 0 bridgehead atoms. The molecule has 0 unspecified atom stereocenters. The maximum absolute atomic E-state index is 11.1. The molecule has 0 aliphatic heterocycles. The third kappa shape index (κ3) is 3.17. The average molecular weight is 325 g/mol. The van der Waals surface area contributed by atoms with Crippen LogP contribution < -0.4 is 10.1 Å². The van der Waals surface area contributed by atoms with E-state index in [-0.39, 0.29) is 5.69 Å². The van der Waals surface area contributed by atoms with Crippen molar-refractivity contribution in [1.29, 1.82) is 0 Å². The molecule has 3 aromatic rings. The van der Waals surface area contributed by atoms with Crippen LogP contribution in [0.1, 0.15) is 5.69 Å². The molecule has 24 heavy (non-hydrogen) atoms. The first-order valence-electron chi connectivity index (χ1n) is 7.19. The predicted molar refractivity (Wildman–Crippen MR) is 89.3 cm³/mol. The molecule has 3 rings (SSSR count). The van der Waals surface area contributed by atoms with Gasteiger partial charge in [0.05, 0.1) is 11.0 Å². The van der Waals surface area contributed by atoms with Crippen LogP contribution in [0.4, 0.5) is 11.4 Å². The van der Waals surface area contributed by atoms with Crippen molar-refractivity contribution in [2.45, 2.75) is 6.92 Å². The first kappa shape index (κ1) is 15.5. The van der Waals surface area contributed by atoms with Crippen LogP contribution >= 0.6 is 0 Å². The number of nitrogens with one attached hydrogen (secondary N) is 2. The number of rotatable bonds is 5. The Morgan fingerprint density at radius 2 is 2.00 bits per heavy atom. The third-order valence-corrected chi connectivity index (χ3v) is 3.35. The lowest BCUT2D eigenvalue weighted by Gasteiger charge is -2.08. The number of benzene rings is 1. The summed E-state index contributed by atoms with van der Waals surface area (Å²) in [7, 11) is 1.63. The fourth-order valence-corrected chi connectivity index (χ4v) is 2.22.